The third-order valence-corrected chi connectivity index (χ3v) is 4.42. The summed E-state index contributed by atoms with van der Waals surface area (Å²) >= 11 is 12.1. The minimum Gasteiger partial charge on any atom is -0.353 e. The van der Waals surface area contributed by atoms with Crippen molar-refractivity contribution >= 4 is 46.6 Å². The number of carbonyl (C=O) groups excluding carboxylic acids is 1. The molecule has 2 aromatic rings. The number of amides is 1. The maximum Gasteiger partial charge on any atom is 0.229 e. The number of carbonyl (C=O) groups is 1. The summed E-state index contributed by atoms with van der Waals surface area (Å²) in [6, 6.07) is 7.06. The Morgan fingerprint density at radius 1 is 1.17 bits per heavy atom. The number of aromatic nitrogens is 2. The second-order valence-corrected chi connectivity index (χ2v) is 6.32. The highest BCUT2D eigenvalue weighted by Gasteiger charge is 2.19. The number of anilines is 3. The van der Waals surface area contributed by atoms with Crippen LogP contribution < -0.4 is 10.2 Å². The van der Waals surface area contributed by atoms with E-state index in [1.165, 1.54) is 0 Å². The second kappa shape index (κ2) is 7.23. The SMILES string of the molecule is CC(=O)N1CCN(c2ccnc(Nc3ccc(Cl)cc3Cl)n2)CC1. The summed E-state index contributed by atoms with van der Waals surface area (Å²) in [5, 5.41) is 4.18. The van der Waals surface area contributed by atoms with Crippen LogP contribution in [0.4, 0.5) is 17.5 Å². The average molecular weight is 366 g/mol. The fourth-order valence-electron chi connectivity index (χ4n) is 2.55. The molecule has 6 nitrogen and oxygen atoms in total. The predicted octanol–water partition coefficient (Wildman–Crippen LogP) is 3.20. The molecule has 8 heteroatoms. The first-order valence-corrected chi connectivity index (χ1v) is 8.34. The van der Waals surface area contributed by atoms with Crippen molar-refractivity contribution in [1.29, 1.82) is 0 Å². The fourth-order valence-corrected chi connectivity index (χ4v) is 3.00. The summed E-state index contributed by atoms with van der Waals surface area (Å²) in [4.78, 5) is 24.1. The van der Waals surface area contributed by atoms with E-state index in [1.54, 1.807) is 31.3 Å². The molecule has 0 bridgehead atoms. The molecule has 0 atom stereocenters. The molecule has 0 aliphatic carbocycles. The molecule has 1 amide bonds. The first-order valence-electron chi connectivity index (χ1n) is 7.58. The van der Waals surface area contributed by atoms with E-state index in [1.807, 2.05) is 11.0 Å². The zero-order chi connectivity index (χ0) is 17.1. The molecule has 1 aliphatic heterocycles. The van der Waals surface area contributed by atoms with Gasteiger partial charge in [0, 0.05) is 44.3 Å². The van der Waals surface area contributed by atoms with E-state index in [4.69, 9.17) is 23.2 Å². The third kappa shape index (κ3) is 3.88. The Balaban J connectivity index is 1.71. The molecule has 24 heavy (non-hydrogen) atoms. The molecule has 2 heterocycles. The highest BCUT2D eigenvalue weighted by atomic mass is 35.5. The van der Waals surface area contributed by atoms with Crippen LogP contribution in [0.1, 0.15) is 6.92 Å². The summed E-state index contributed by atoms with van der Waals surface area (Å²) in [5.74, 6) is 1.39. The molecule has 1 aromatic heterocycles. The zero-order valence-electron chi connectivity index (χ0n) is 13.2. The number of hydrogen-bond acceptors (Lipinski definition) is 5. The van der Waals surface area contributed by atoms with Gasteiger partial charge in [0.25, 0.3) is 0 Å². The summed E-state index contributed by atoms with van der Waals surface area (Å²) in [7, 11) is 0. The molecule has 0 radical (unpaired) electrons. The lowest BCUT2D eigenvalue weighted by Gasteiger charge is -2.34. The number of piperazine rings is 1. The largest absolute Gasteiger partial charge is 0.353 e. The van der Waals surface area contributed by atoms with Gasteiger partial charge in [-0.3, -0.25) is 4.79 Å². The Bertz CT molecular complexity index is 747. The summed E-state index contributed by atoms with van der Waals surface area (Å²) < 4.78 is 0. The lowest BCUT2D eigenvalue weighted by molar-refractivity contribution is -0.129. The standard InChI is InChI=1S/C16H17Cl2N5O/c1-11(24)22-6-8-23(9-7-22)15-4-5-19-16(21-15)20-14-3-2-12(17)10-13(14)18/h2-5,10H,6-9H2,1H3,(H,19,20,21). The van der Waals surface area contributed by atoms with Crippen molar-refractivity contribution in [3.63, 3.8) is 0 Å². The third-order valence-electron chi connectivity index (χ3n) is 3.87. The predicted molar refractivity (Wildman–Crippen MR) is 96.2 cm³/mol. The van der Waals surface area contributed by atoms with Crippen LogP contribution in [0.2, 0.25) is 10.0 Å². The number of hydrogen-bond donors (Lipinski definition) is 1. The van der Waals surface area contributed by atoms with E-state index in [0.29, 0.717) is 34.8 Å². The molecule has 126 valence electrons. The zero-order valence-corrected chi connectivity index (χ0v) is 14.7. The monoisotopic (exact) mass is 365 g/mol. The molecule has 1 aliphatic rings. The molecule has 1 saturated heterocycles. The minimum atomic E-state index is 0.108. The number of rotatable bonds is 3. The number of benzene rings is 1. The maximum atomic E-state index is 11.4. The number of halogens is 2. The van der Waals surface area contributed by atoms with E-state index in [2.05, 4.69) is 20.2 Å². The van der Waals surface area contributed by atoms with Gasteiger partial charge in [0.15, 0.2) is 0 Å². The number of nitrogens with one attached hydrogen (secondary N) is 1. The Hall–Kier alpha value is -2.05. The van der Waals surface area contributed by atoms with Crippen LogP contribution in [0, 0.1) is 0 Å². The van der Waals surface area contributed by atoms with Gasteiger partial charge in [-0.05, 0) is 24.3 Å². The van der Waals surface area contributed by atoms with Gasteiger partial charge in [0.1, 0.15) is 5.82 Å². The van der Waals surface area contributed by atoms with Crippen LogP contribution in [0.3, 0.4) is 0 Å². The van der Waals surface area contributed by atoms with Crippen molar-refractivity contribution in [2.24, 2.45) is 0 Å². The molecule has 0 saturated carbocycles. The van der Waals surface area contributed by atoms with Crippen molar-refractivity contribution in [2.45, 2.75) is 6.92 Å². The molecule has 1 N–H and O–H groups in total. The van der Waals surface area contributed by atoms with Gasteiger partial charge in [-0.1, -0.05) is 23.2 Å². The fraction of sp³-hybridized carbons (Fsp3) is 0.312. The van der Waals surface area contributed by atoms with Crippen molar-refractivity contribution in [3.8, 4) is 0 Å². The molecule has 3 rings (SSSR count). The van der Waals surface area contributed by atoms with Crippen LogP contribution in [0.15, 0.2) is 30.5 Å². The quantitative estimate of drug-likeness (QED) is 0.904. The second-order valence-electron chi connectivity index (χ2n) is 5.48. The van der Waals surface area contributed by atoms with Crippen LogP contribution in [0.25, 0.3) is 0 Å². The van der Waals surface area contributed by atoms with Crippen molar-refractivity contribution in [1.82, 2.24) is 14.9 Å². The highest BCUT2D eigenvalue weighted by Crippen LogP contribution is 2.27. The van der Waals surface area contributed by atoms with E-state index in [9.17, 15) is 4.79 Å². The Morgan fingerprint density at radius 3 is 2.58 bits per heavy atom. The Kier molecular flexibility index (Phi) is 5.06. The van der Waals surface area contributed by atoms with Crippen LogP contribution in [-0.4, -0.2) is 47.0 Å². The van der Waals surface area contributed by atoms with Gasteiger partial charge in [0.05, 0.1) is 10.7 Å². The topological polar surface area (TPSA) is 61.4 Å². The van der Waals surface area contributed by atoms with Gasteiger partial charge in [0.2, 0.25) is 11.9 Å². The van der Waals surface area contributed by atoms with Crippen molar-refractivity contribution in [2.75, 3.05) is 36.4 Å². The smallest absolute Gasteiger partial charge is 0.229 e. The Labute approximate surface area is 150 Å². The summed E-state index contributed by atoms with van der Waals surface area (Å²) in [5.41, 5.74) is 0.694. The normalized spacial score (nSPS) is 14.6. The van der Waals surface area contributed by atoms with E-state index in [-0.39, 0.29) is 5.91 Å². The summed E-state index contributed by atoms with van der Waals surface area (Å²) in [6.07, 6.45) is 1.70. The number of nitrogens with zero attached hydrogens (tertiary/aromatic N) is 4. The lowest BCUT2D eigenvalue weighted by Crippen LogP contribution is -2.48. The van der Waals surface area contributed by atoms with Gasteiger partial charge < -0.3 is 15.1 Å². The van der Waals surface area contributed by atoms with Gasteiger partial charge >= 0.3 is 0 Å². The van der Waals surface area contributed by atoms with E-state index < -0.39 is 0 Å². The van der Waals surface area contributed by atoms with Gasteiger partial charge in [-0.2, -0.15) is 4.98 Å². The van der Waals surface area contributed by atoms with Crippen molar-refractivity contribution < 1.29 is 4.79 Å². The van der Waals surface area contributed by atoms with Crippen molar-refractivity contribution in [3.05, 3.63) is 40.5 Å². The molecule has 0 unspecified atom stereocenters. The molecular weight excluding hydrogens is 349 g/mol. The molecule has 0 spiro atoms. The molecule has 1 fully saturated rings. The maximum absolute atomic E-state index is 11.4. The highest BCUT2D eigenvalue weighted by molar-refractivity contribution is 6.36. The first-order chi connectivity index (χ1) is 11.5. The Morgan fingerprint density at radius 2 is 1.92 bits per heavy atom. The van der Waals surface area contributed by atoms with Gasteiger partial charge in [-0.15, -0.1) is 0 Å². The van der Waals surface area contributed by atoms with E-state index in [0.717, 1.165) is 18.9 Å². The molecular formula is C16H17Cl2N5O. The van der Waals surface area contributed by atoms with Gasteiger partial charge in [-0.25, -0.2) is 4.98 Å². The minimum absolute atomic E-state index is 0.108. The summed E-state index contributed by atoms with van der Waals surface area (Å²) in [6.45, 7) is 4.49. The first kappa shape index (κ1) is 16.8. The molecule has 1 aromatic carbocycles. The van der Waals surface area contributed by atoms with E-state index >= 15 is 0 Å². The average Bonchev–Trinajstić information content (AvgIpc) is 2.58. The van der Waals surface area contributed by atoms with Crippen LogP contribution >= 0.6 is 23.2 Å². The lowest BCUT2D eigenvalue weighted by atomic mass is 10.3. The van der Waals surface area contributed by atoms with Crippen LogP contribution in [0.5, 0.6) is 0 Å². The van der Waals surface area contributed by atoms with Crippen LogP contribution in [-0.2, 0) is 4.79 Å².